The van der Waals surface area contributed by atoms with Gasteiger partial charge < -0.3 is 25.4 Å². The smallest absolute Gasteiger partial charge is 0.407 e. The lowest BCUT2D eigenvalue weighted by Crippen LogP contribution is -2.38. The highest BCUT2D eigenvalue weighted by atomic mass is 79.9. The van der Waals surface area contributed by atoms with Gasteiger partial charge in [-0.3, -0.25) is 0 Å². The Morgan fingerprint density at radius 2 is 2.00 bits per heavy atom. The first-order valence-electron chi connectivity index (χ1n) is 6.41. The van der Waals surface area contributed by atoms with Crippen LogP contribution in [0.4, 0.5) is 4.79 Å². The molecule has 0 saturated carbocycles. The number of alkyl carbamates (subject to hydrolysis) is 1. The number of aliphatic hydroxyl groups is 2. The summed E-state index contributed by atoms with van der Waals surface area (Å²) in [5, 5.41) is 31.8. The fourth-order valence-electron chi connectivity index (χ4n) is 1.58. The number of phenolic OH excluding ortho intramolecular Hbond substituents is 1. The molecule has 118 valence electrons. The molecule has 0 spiro atoms. The van der Waals surface area contributed by atoms with Crippen molar-refractivity contribution in [3.63, 3.8) is 0 Å². The summed E-state index contributed by atoms with van der Waals surface area (Å²) in [6.07, 6.45) is -3.18. The Kier molecular flexibility index (Phi) is 6.00. The number of aromatic hydroxyl groups is 1. The fraction of sp³-hybridized carbons (Fsp3) is 0.500. The molecule has 1 amide bonds. The number of hydrogen-bond donors (Lipinski definition) is 4. The van der Waals surface area contributed by atoms with Gasteiger partial charge in [-0.2, -0.15) is 0 Å². The lowest BCUT2D eigenvalue weighted by Gasteiger charge is -2.22. The maximum Gasteiger partial charge on any atom is 0.407 e. The number of carbonyl (C=O) groups excluding carboxylic acids is 1. The largest absolute Gasteiger partial charge is 0.508 e. The number of hydrogen-bond acceptors (Lipinski definition) is 5. The van der Waals surface area contributed by atoms with Gasteiger partial charge in [-0.25, -0.2) is 4.79 Å². The number of benzene rings is 1. The molecule has 0 fully saturated rings. The highest BCUT2D eigenvalue weighted by molar-refractivity contribution is 9.10. The third-order valence-electron chi connectivity index (χ3n) is 2.52. The van der Waals surface area contributed by atoms with Gasteiger partial charge in [-0.1, -0.05) is 15.9 Å². The predicted molar refractivity (Wildman–Crippen MR) is 81.0 cm³/mol. The second-order valence-electron chi connectivity index (χ2n) is 5.60. The van der Waals surface area contributed by atoms with Gasteiger partial charge in [0.05, 0.1) is 0 Å². The third-order valence-corrected chi connectivity index (χ3v) is 3.24. The Balaban J connectivity index is 2.61. The number of rotatable bonds is 4. The number of phenols is 1. The molecule has 7 heteroatoms. The standard InChI is InChI=1S/C14H20BrNO5/c1-14(2,3)21-13(20)16-7-11(18)12(19)9-6-8(17)4-5-10(9)15/h4-6,11-12,17-19H,7H2,1-3H3,(H,16,20). The normalized spacial score (nSPS) is 14.4. The van der Waals surface area contributed by atoms with E-state index in [2.05, 4.69) is 21.2 Å². The topological polar surface area (TPSA) is 99.0 Å². The quantitative estimate of drug-likeness (QED) is 0.657. The molecule has 0 saturated heterocycles. The van der Waals surface area contributed by atoms with E-state index in [9.17, 15) is 20.1 Å². The summed E-state index contributed by atoms with van der Waals surface area (Å²) < 4.78 is 5.57. The van der Waals surface area contributed by atoms with E-state index in [-0.39, 0.29) is 12.3 Å². The monoisotopic (exact) mass is 361 g/mol. The molecule has 1 aromatic rings. The molecule has 21 heavy (non-hydrogen) atoms. The summed E-state index contributed by atoms with van der Waals surface area (Å²) in [5.41, 5.74) is -0.310. The van der Waals surface area contributed by atoms with Crippen LogP contribution in [0.2, 0.25) is 0 Å². The van der Waals surface area contributed by atoms with Crippen LogP contribution in [0.5, 0.6) is 5.75 Å². The van der Waals surface area contributed by atoms with Crippen molar-refractivity contribution in [2.45, 2.75) is 38.6 Å². The Morgan fingerprint density at radius 1 is 1.38 bits per heavy atom. The van der Waals surface area contributed by atoms with Crippen molar-refractivity contribution in [1.29, 1.82) is 0 Å². The van der Waals surface area contributed by atoms with Crippen LogP contribution in [0.15, 0.2) is 22.7 Å². The van der Waals surface area contributed by atoms with E-state index in [0.717, 1.165) is 0 Å². The lowest BCUT2D eigenvalue weighted by molar-refractivity contribution is 0.0125. The van der Waals surface area contributed by atoms with E-state index >= 15 is 0 Å². The minimum atomic E-state index is -1.26. The zero-order chi connectivity index (χ0) is 16.2. The van der Waals surface area contributed by atoms with Crippen LogP contribution >= 0.6 is 15.9 Å². The van der Waals surface area contributed by atoms with Crippen LogP contribution in [0.1, 0.15) is 32.4 Å². The van der Waals surface area contributed by atoms with E-state index in [4.69, 9.17) is 4.74 Å². The Bertz CT molecular complexity index is 501. The molecule has 2 atom stereocenters. The number of ether oxygens (including phenoxy) is 1. The molecule has 2 unspecified atom stereocenters. The average Bonchev–Trinajstić information content (AvgIpc) is 2.36. The van der Waals surface area contributed by atoms with Gasteiger partial charge in [-0.15, -0.1) is 0 Å². The molecule has 0 bridgehead atoms. The van der Waals surface area contributed by atoms with Crippen LogP contribution in [0.3, 0.4) is 0 Å². The fourth-order valence-corrected chi connectivity index (χ4v) is 2.06. The molecule has 1 rings (SSSR count). The highest BCUT2D eigenvalue weighted by Crippen LogP contribution is 2.29. The van der Waals surface area contributed by atoms with Gasteiger partial charge in [0.2, 0.25) is 0 Å². The van der Waals surface area contributed by atoms with E-state index in [1.54, 1.807) is 26.8 Å². The van der Waals surface area contributed by atoms with Crippen molar-refractivity contribution < 1.29 is 24.9 Å². The maximum absolute atomic E-state index is 11.5. The Morgan fingerprint density at radius 3 is 2.57 bits per heavy atom. The number of halogens is 1. The van der Waals surface area contributed by atoms with Crippen molar-refractivity contribution in [1.82, 2.24) is 5.32 Å². The van der Waals surface area contributed by atoms with Crippen LogP contribution in [0, 0.1) is 0 Å². The van der Waals surface area contributed by atoms with E-state index in [1.165, 1.54) is 12.1 Å². The molecular weight excluding hydrogens is 342 g/mol. The van der Waals surface area contributed by atoms with Crippen LogP contribution in [-0.2, 0) is 4.74 Å². The second-order valence-corrected chi connectivity index (χ2v) is 6.46. The SMILES string of the molecule is CC(C)(C)OC(=O)NCC(O)C(O)c1cc(O)ccc1Br. The molecule has 0 aliphatic carbocycles. The molecule has 0 aliphatic rings. The summed E-state index contributed by atoms with van der Waals surface area (Å²) >= 11 is 3.22. The molecule has 0 aromatic heterocycles. The minimum absolute atomic E-state index is 0.0282. The molecular formula is C14H20BrNO5. The van der Waals surface area contributed by atoms with Crippen molar-refractivity contribution in [2.24, 2.45) is 0 Å². The summed E-state index contributed by atoms with van der Waals surface area (Å²) in [6.45, 7) is 4.99. The summed E-state index contributed by atoms with van der Waals surface area (Å²) in [4.78, 5) is 11.5. The Labute approximate surface area is 131 Å². The van der Waals surface area contributed by atoms with Crippen LogP contribution < -0.4 is 5.32 Å². The van der Waals surface area contributed by atoms with Crippen molar-refractivity contribution >= 4 is 22.0 Å². The predicted octanol–water partition coefficient (Wildman–Crippen LogP) is 2.07. The number of amides is 1. The molecule has 0 aliphatic heterocycles. The Hall–Kier alpha value is -1.31. The third kappa shape index (κ3) is 5.91. The van der Waals surface area contributed by atoms with Crippen molar-refractivity contribution in [2.75, 3.05) is 6.54 Å². The van der Waals surface area contributed by atoms with Gasteiger partial charge >= 0.3 is 6.09 Å². The lowest BCUT2D eigenvalue weighted by atomic mass is 10.0. The minimum Gasteiger partial charge on any atom is -0.508 e. The number of nitrogens with one attached hydrogen (secondary N) is 1. The first-order chi connectivity index (χ1) is 9.60. The van der Waals surface area contributed by atoms with Gasteiger partial charge in [0, 0.05) is 16.6 Å². The molecule has 1 aromatic carbocycles. The van der Waals surface area contributed by atoms with E-state index in [1.807, 2.05) is 0 Å². The first kappa shape index (κ1) is 17.7. The molecule has 4 N–H and O–H groups in total. The molecule has 0 heterocycles. The number of carbonyl (C=O) groups is 1. The van der Waals surface area contributed by atoms with Gasteiger partial charge in [0.15, 0.2) is 0 Å². The molecule has 0 radical (unpaired) electrons. The zero-order valence-corrected chi connectivity index (χ0v) is 13.7. The molecule has 6 nitrogen and oxygen atoms in total. The summed E-state index contributed by atoms with van der Waals surface area (Å²) in [7, 11) is 0. The van der Waals surface area contributed by atoms with Crippen LogP contribution in [0.25, 0.3) is 0 Å². The van der Waals surface area contributed by atoms with Gasteiger partial charge in [0.25, 0.3) is 0 Å². The average molecular weight is 362 g/mol. The van der Waals surface area contributed by atoms with Gasteiger partial charge in [-0.05, 0) is 39.0 Å². The summed E-state index contributed by atoms with van der Waals surface area (Å²) in [5.74, 6) is -0.0282. The van der Waals surface area contributed by atoms with Crippen molar-refractivity contribution in [3.05, 3.63) is 28.2 Å². The zero-order valence-electron chi connectivity index (χ0n) is 12.1. The van der Waals surface area contributed by atoms with E-state index in [0.29, 0.717) is 10.0 Å². The summed E-state index contributed by atoms with van der Waals surface area (Å²) in [6, 6.07) is 4.35. The van der Waals surface area contributed by atoms with Gasteiger partial charge in [0.1, 0.15) is 23.6 Å². The number of aliphatic hydroxyl groups excluding tert-OH is 2. The highest BCUT2D eigenvalue weighted by Gasteiger charge is 2.23. The van der Waals surface area contributed by atoms with E-state index < -0.39 is 23.9 Å². The first-order valence-corrected chi connectivity index (χ1v) is 7.21. The maximum atomic E-state index is 11.5. The second kappa shape index (κ2) is 7.11. The van der Waals surface area contributed by atoms with Crippen molar-refractivity contribution in [3.8, 4) is 5.75 Å². The van der Waals surface area contributed by atoms with Crippen LogP contribution in [-0.4, -0.2) is 39.7 Å².